The molecular weight excluding hydrogens is 88.1 g/mol. The molecule has 0 unspecified atom stereocenters. The average molecular weight is 100 g/mol. The van der Waals surface area contributed by atoms with Crippen LogP contribution in [-0.2, 0) is 0 Å². The number of rotatable bonds is 3. The van der Waals surface area contributed by atoms with E-state index >= 15 is 0 Å². The van der Waals surface area contributed by atoms with Crippen LogP contribution in [0.25, 0.3) is 0 Å². The molecule has 0 aromatic rings. The molecular formula is C5H12N2. The second kappa shape index (κ2) is 5.47. The standard InChI is InChI=1S/C5H12N2/c1-3-5-7-6-4-2/h4,7H,3,5H2,1-2H3. The van der Waals surface area contributed by atoms with Gasteiger partial charge in [0.05, 0.1) is 0 Å². The Balaban J connectivity index is 2.69. The molecule has 0 saturated heterocycles. The number of hydrogen-bond acceptors (Lipinski definition) is 2. The molecule has 0 heterocycles. The van der Waals surface area contributed by atoms with Gasteiger partial charge >= 0.3 is 0 Å². The molecule has 0 fully saturated rings. The molecule has 0 amide bonds. The van der Waals surface area contributed by atoms with Crippen LogP contribution in [-0.4, -0.2) is 12.8 Å². The lowest BCUT2D eigenvalue weighted by Crippen LogP contribution is -2.04. The van der Waals surface area contributed by atoms with Gasteiger partial charge < -0.3 is 5.43 Å². The van der Waals surface area contributed by atoms with Gasteiger partial charge in [-0.3, -0.25) is 0 Å². The van der Waals surface area contributed by atoms with E-state index in [0.717, 1.165) is 13.0 Å². The molecule has 0 aliphatic carbocycles. The summed E-state index contributed by atoms with van der Waals surface area (Å²) >= 11 is 0. The Bertz CT molecular complexity index is 50.0. The molecule has 0 rings (SSSR count). The van der Waals surface area contributed by atoms with E-state index in [4.69, 9.17) is 0 Å². The van der Waals surface area contributed by atoms with Crippen molar-refractivity contribution < 1.29 is 0 Å². The summed E-state index contributed by atoms with van der Waals surface area (Å²) in [5.74, 6) is 0. The van der Waals surface area contributed by atoms with E-state index in [-0.39, 0.29) is 0 Å². The SMILES string of the molecule is CC=NNCCC. The summed E-state index contributed by atoms with van der Waals surface area (Å²) < 4.78 is 0. The fourth-order valence-corrected chi connectivity index (χ4v) is 0.268. The van der Waals surface area contributed by atoms with Gasteiger partial charge in [0.15, 0.2) is 0 Å². The molecule has 2 nitrogen and oxygen atoms in total. The monoisotopic (exact) mass is 100 g/mol. The maximum atomic E-state index is 3.79. The Morgan fingerprint density at radius 3 is 2.86 bits per heavy atom. The third-order valence-electron chi connectivity index (χ3n) is 0.582. The maximum absolute atomic E-state index is 3.79. The number of nitrogens with one attached hydrogen (secondary N) is 1. The fraction of sp³-hybridized carbons (Fsp3) is 0.800. The quantitative estimate of drug-likeness (QED) is 0.319. The van der Waals surface area contributed by atoms with Gasteiger partial charge in [-0.1, -0.05) is 6.92 Å². The molecule has 0 spiro atoms. The van der Waals surface area contributed by atoms with Crippen LogP contribution in [0.15, 0.2) is 5.10 Å². The topological polar surface area (TPSA) is 24.4 Å². The molecule has 0 saturated carbocycles. The average Bonchev–Trinajstić information content (AvgIpc) is 1.69. The molecule has 0 atom stereocenters. The van der Waals surface area contributed by atoms with Crippen LogP contribution < -0.4 is 5.43 Å². The minimum Gasteiger partial charge on any atom is -0.310 e. The molecule has 0 aliphatic heterocycles. The van der Waals surface area contributed by atoms with Crippen molar-refractivity contribution in [3.63, 3.8) is 0 Å². The normalized spacial score (nSPS) is 10.0. The third-order valence-corrected chi connectivity index (χ3v) is 0.582. The van der Waals surface area contributed by atoms with E-state index in [1.54, 1.807) is 6.21 Å². The zero-order valence-corrected chi connectivity index (χ0v) is 4.94. The summed E-state index contributed by atoms with van der Waals surface area (Å²) in [5.41, 5.74) is 2.85. The zero-order valence-electron chi connectivity index (χ0n) is 4.94. The minimum absolute atomic E-state index is 0.977. The highest BCUT2D eigenvalue weighted by atomic mass is 15.3. The molecule has 0 aliphatic rings. The van der Waals surface area contributed by atoms with E-state index in [2.05, 4.69) is 17.5 Å². The second-order valence-corrected chi connectivity index (χ2v) is 1.30. The van der Waals surface area contributed by atoms with Gasteiger partial charge in [0.25, 0.3) is 0 Å². The molecule has 7 heavy (non-hydrogen) atoms. The van der Waals surface area contributed by atoms with E-state index in [1.165, 1.54) is 0 Å². The lowest BCUT2D eigenvalue weighted by Gasteiger charge is -1.90. The van der Waals surface area contributed by atoms with Gasteiger partial charge in [0.2, 0.25) is 0 Å². The van der Waals surface area contributed by atoms with Crippen molar-refractivity contribution in [1.82, 2.24) is 5.43 Å². The van der Waals surface area contributed by atoms with Crippen LogP contribution in [0.1, 0.15) is 20.3 Å². The van der Waals surface area contributed by atoms with Crippen molar-refractivity contribution >= 4 is 6.21 Å². The van der Waals surface area contributed by atoms with Crippen molar-refractivity contribution in [2.75, 3.05) is 6.54 Å². The summed E-state index contributed by atoms with van der Waals surface area (Å²) in [4.78, 5) is 0. The van der Waals surface area contributed by atoms with Crippen molar-refractivity contribution in [1.29, 1.82) is 0 Å². The van der Waals surface area contributed by atoms with Gasteiger partial charge in [0.1, 0.15) is 0 Å². The Labute approximate surface area is 44.6 Å². The van der Waals surface area contributed by atoms with Crippen LogP contribution in [0, 0.1) is 0 Å². The van der Waals surface area contributed by atoms with Crippen molar-refractivity contribution in [3.8, 4) is 0 Å². The van der Waals surface area contributed by atoms with Crippen molar-refractivity contribution in [2.45, 2.75) is 20.3 Å². The molecule has 0 aromatic carbocycles. The first-order valence-corrected chi connectivity index (χ1v) is 2.62. The second-order valence-electron chi connectivity index (χ2n) is 1.30. The van der Waals surface area contributed by atoms with Gasteiger partial charge in [-0.2, -0.15) is 5.10 Å². The highest BCUT2D eigenvalue weighted by Crippen LogP contribution is 1.66. The molecule has 0 bridgehead atoms. The van der Waals surface area contributed by atoms with Gasteiger partial charge in [-0.15, -0.1) is 0 Å². The van der Waals surface area contributed by atoms with Gasteiger partial charge in [-0.05, 0) is 13.3 Å². The maximum Gasteiger partial charge on any atom is 0.0326 e. The van der Waals surface area contributed by atoms with Crippen LogP contribution in [0.4, 0.5) is 0 Å². The fourth-order valence-electron chi connectivity index (χ4n) is 0.268. The molecule has 2 heteroatoms. The first-order chi connectivity index (χ1) is 3.41. The minimum atomic E-state index is 0.977. The number of hydrogen-bond donors (Lipinski definition) is 1. The lowest BCUT2D eigenvalue weighted by molar-refractivity contribution is 0.719. The number of nitrogens with zero attached hydrogens (tertiary/aromatic N) is 1. The van der Waals surface area contributed by atoms with Crippen LogP contribution in [0.3, 0.4) is 0 Å². The highest BCUT2D eigenvalue weighted by Gasteiger charge is 1.69. The van der Waals surface area contributed by atoms with Crippen LogP contribution >= 0.6 is 0 Å². The van der Waals surface area contributed by atoms with E-state index < -0.39 is 0 Å². The predicted molar refractivity (Wildman–Crippen MR) is 32.5 cm³/mol. The van der Waals surface area contributed by atoms with Crippen molar-refractivity contribution in [3.05, 3.63) is 0 Å². The molecule has 0 aromatic heterocycles. The first kappa shape index (κ1) is 6.47. The first-order valence-electron chi connectivity index (χ1n) is 2.62. The molecule has 1 N–H and O–H groups in total. The summed E-state index contributed by atoms with van der Waals surface area (Å²) in [6, 6.07) is 0. The predicted octanol–water partition coefficient (Wildman–Crippen LogP) is 0.992. The molecule has 0 radical (unpaired) electrons. The van der Waals surface area contributed by atoms with E-state index in [9.17, 15) is 0 Å². The van der Waals surface area contributed by atoms with Crippen LogP contribution in [0.2, 0.25) is 0 Å². The van der Waals surface area contributed by atoms with E-state index in [1.807, 2.05) is 6.92 Å². The van der Waals surface area contributed by atoms with E-state index in [0.29, 0.717) is 0 Å². The largest absolute Gasteiger partial charge is 0.310 e. The number of hydrazone groups is 1. The van der Waals surface area contributed by atoms with Crippen LogP contribution in [0.5, 0.6) is 0 Å². The summed E-state index contributed by atoms with van der Waals surface area (Å²) in [7, 11) is 0. The zero-order chi connectivity index (χ0) is 5.54. The highest BCUT2D eigenvalue weighted by molar-refractivity contribution is 5.52. The third kappa shape index (κ3) is 5.47. The van der Waals surface area contributed by atoms with Gasteiger partial charge in [-0.25, -0.2) is 0 Å². The molecule has 42 valence electrons. The lowest BCUT2D eigenvalue weighted by atomic mass is 10.5. The Kier molecular flexibility index (Phi) is 5.06. The summed E-state index contributed by atoms with van der Waals surface area (Å²) in [5, 5.41) is 3.79. The Hall–Kier alpha value is -0.530. The smallest absolute Gasteiger partial charge is 0.0326 e. The Morgan fingerprint density at radius 1 is 1.71 bits per heavy atom. The Morgan fingerprint density at radius 2 is 2.43 bits per heavy atom. The summed E-state index contributed by atoms with van der Waals surface area (Å²) in [6.45, 7) is 4.98. The van der Waals surface area contributed by atoms with Crippen molar-refractivity contribution in [2.24, 2.45) is 5.10 Å². The van der Waals surface area contributed by atoms with Gasteiger partial charge in [0, 0.05) is 12.8 Å². The summed E-state index contributed by atoms with van der Waals surface area (Å²) in [6.07, 6.45) is 2.88.